The van der Waals surface area contributed by atoms with Crippen LogP contribution < -0.4 is 19.5 Å². The van der Waals surface area contributed by atoms with Gasteiger partial charge in [0.05, 0.1) is 21.3 Å². The molecule has 0 unspecified atom stereocenters. The largest absolute Gasteiger partial charge is 0.493 e. The van der Waals surface area contributed by atoms with Gasteiger partial charge in [-0.1, -0.05) is 32.1 Å². The average molecular weight is 391 g/mol. The van der Waals surface area contributed by atoms with E-state index in [-0.39, 0.29) is 11.3 Å². The summed E-state index contributed by atoms with van der Waals surface area (Å²) in [7, 11) is 4.63. The van der Waals surface area contributed by atoms with Gasteiger partial charge in [0.15, 0.2) is 11.5 Å². The number of nitrogens with one attached hydrogen (secondary N) is 1. The maximum absolute atomic E-state index is 12.2. The van der Waals surface area contributed by atoms with Gasteiger partial charge in [-0.05, 0) is 30.2 Å². The second-order valence-corrected chi connectivity index (χ2v) is 7.41. The first-order valence-corrected chi connectivity index (χ1v) is 9.29. The van der Waals surface area contributed by atoms with Gasteiger partial charge in [0.1, 0.15) is 5.01 Å². The first kappa shape index (κ1) is 20.7. The van der Waals surface area contributed by atoms with Crippen molar-refractivity contribution < 1.29 is 19.0 Å². The van der Waals surface area contributed by atoms with Crippen molar-refractivity contribution in [3.05, 3.63) is 28.8 Å². The molecule has 1 amide bonds. The van der Waals surface area contributed by atoms with Crippen molar-refractivity contribution in [2.75, 3.05) is 26.6 Å². The molecule has 0 saturated carbocycles. The Morgan fingerprint density at radius 2 is 1.78 bits per heavy atom. The number of anilines is 1. The summed E-state index contributed by atoms with van der Waals surface area (Å²) in [5, 5.41) is 12.3. The van der Waals surface area contributed by atoms with Crippen molar-refractivity contribution in [2.24, 2.45) is 0 Å². The summed E-state index contributed by atoms with van der Waals surface area (Å²) in [6, 6.07) is 3.52. The fraction of sp³-hybridized carbons (Fsp3) is 0.421. The molecule has 1 N–H and O–H groups in total. The Kier molecular flexibility index (Phi) is 6.79. The quantitative estimate of drug-likeness (QED) is 0.687. The van der Waals surface area contributed by atoms with Gasteiger partial charge < -0.3 is 14.2 Å². The number of ether oxygens (including phenoxy) is 3. The lowest BCUT2D eigenvalue weighted by molar-refractivity contribution is -0.111. The summed E-state index contributed by atoms with van der Waals surface area (Å²) in [4.78, 5) is 12.2. The second-order valence-electron chi connectivity index (χ2n) is 6.43. The normalized spacial score (nSPS) is 11.5. The zero-order chi connectivity index (χ0) is 20.0. The van der Waals surface area contributed by atoms with Crippen LogP contribution in [0, 0.1) is 0 Å². The van der Waals surface area contributed by atoms with E-state index >= 15 is 0 Å². The third-order valence-electron chi connectivity index (χ3n) is 4.23. The Bertz CT molecular complexity index is 805. The van der Waals surface area contributed by atoms with Crippen LogP contribution >= 0.6 is 11.3 Å². The summed E-state index contributed by atoms with van der Waals surface area (Å²) in [6.45, 7) is 6.30. The Labute approximate surface area is 163 Å². The molecule has 0 fully saturated rings. The van der Waals surface area contributed by atoms with Crippen LogP contribution in [0.1, 0.15) is 37.8 Å². The number of carbonyl (C=O) groups excluding carboxylic acids is 1. The monoisotopic (exact) mass is 391 g/mol. The molecule has 0 saturated heterocycles. The number of benzene rings is 1. The minimum atomic E-state index is -0.291. The number of aromatic nitrogens is 2. The van der Waals surface area contributed by atoms with E-state index in [1.54, 1.807) is 39.5 Å². The summed E-state index contributed by atoms with van der Waals surface area (Å²) < 4.78 is 15.9. The number of hydrogen-bond donors (Lipinski definition) is 1. The molecule has 146 valence electrons. The van der Waals surface area contributed by atoms with Crippen molar-refractivity contribution >= 4 is 28.5 Å². The van der Waals surface area contributed by atoms with Crippen LogP contribution in [0.2, 0.25) is 0 Å². The molecule has 0 spiro atoms. The molecule has 2 aromatic rings. The molecule has 0 aliphatic carbocycles. The van der Waals surface area contributed by atoms with Crippen LogP contribution in [0.25, 0.3) is 6.08 Å². The van der Waals surface area contributed by atoms with Crippen LogP contribution in [0.15, 0.2) is 18.2 Å². The van der Waals surface area contributed by atoms with Crippen molar-refractivity contribution in [1.82, 2.24) is 10.2 Å². The van der Waals surface area contributed by atoms with Gasteiger partial charge in [-0.15, -0.1) is 10.2 Å². The van der Waals surface area contributed by atoms with E-state index in [1.807, 2.05) is 0 Å². The number of amides is 1. The minimum Gasteiger partial charge on any atom is -0.493 e. The third-order valence-corrected chi connectivity index (χ3v) is 5.44. The summed E-state index contributed by atoms with van der Waals surface area (Å²) in [5.74, 6) is 1.25. The van der Waals surface area contributed by atoms with Crippen molar-refractivity contribution in [3.63, 3.8) is 0 Å². The molecule has 0 atom stereocenters. The van der Waals surface area contributed by atoms with E-state index in [2.05, 4.69) is 36.3 Å². The van der Waals surface area contributed by atoms with Crippen LogP contribution in [-0.2, 0) is 10.2 Å². The van der Waals surface area contributed by atoms with Crippen LogP contribution in [-0.4, -0.2) is 37.4 Å². The van der Waals surface area contributed by atoms with Crippen LogP contribution in [0.3, 0.4) is 0 Å². The van der Waals surface area contributed by atoms with Crippen LogP contribution in [0.5, 0.6) is 17.2 Å². The molecular weight excluding hydrogens is 366 g/mol. The highest BCUT2D eigenvalue weighted by Crippen LogP contribution is 2.38. The lowest BCUT2D eigenvalue weighted by Gasteiger charge is -2.17. The molecule has 0 aliphatic heterocycles. The fourth-order valence-corrected chi connectivity index (χ4v) is 3.13. The maximum Gasteiger partial charge on any atom is 0.250 e. The van der Waals surface area contributed by atoms with E-state index in [0.29, 0.717) is 22.4 Å². The van der Waals surface area contributed by atoms with Gasteiger partial charge in [-0.3, -0.25) is 10.1 Å². The van der Waals surface area contributed by atoms with Crippen molar-refractivity contribution in [3.8, 4) is 17.2 Å². The first-order valence-electron chi connectivity index (χ1n) is 8.47. The second kappa shape index (κ2) is 8.85. The van der Waals surface area contributed by atoms with Crippen LogP contribution in [0.4, 0.5) is 5.13 Å². The number of nitrogens with zero attached hydrogens (tertiary/aromatic N) is 2. The highest BCUT2D eigenvalue weighted by molar-refractivity contribution is 7.15. The number of carbonyl (C=O) groups is 1. The molecule has 2 rings (SSSR count). The molecule has 0 radical (unpaired) electrons. The Hall–Kier alpha value is -2.61. The maximum atomic E-state index is 12.2. The SMILES string of the molecule is CCC(C)(C)c1nnc(NC(=O)/C=C/c2cc(OC)c(OC)c(OC)c2)s1. The van der Waals surface area contributed by atoms with E-state index in [4.69, 9.17) is 14.2 Å². The summed E-state index contributed by atoms with van der Waals surface area (Å²) in [5.41, 5.74) is 0.678. The lowest BCUT2D eigenvalue weighted by Crippen LogP contribution is -2.14. The Morgan fingerprint density at radius 1 is 1.15 bits per heavy atom. The predicted octanol–water partition coefficient (Wildman–Crippen LogP) is 3.90. The van der Waals surface area contributed by atoms with Crippen molar-refractivity contribution in [2.45, 2.75) is 32.6 Å². The zero-order valence-electron chi connectivity index (χ0n) is 16.5. The molecule has 27 heavy (non-hydrogen) atoms. The van der Waals surface area contributed by atoms with E-state index in [1.165, 1.54) is 17.4 Å². The predicted molar refractivity (Wildman–Crippen MR) is 107 cm³/mol. The molecule has 1 heterocycles. The van der Waals surface area contributed by atoms with Gasteiger partial charge in [-0.2, -0.15) is 0 Å². The van der Waals surface area contributed by atoms with Gasteiger partial charge in [0, 0.05) is 11.5 Å². The fourth-order valence-electron chi connectivity index (χ4n) is 2.22. The molecule has 1 aromatic carbocycles. The molecule has 0 aliphatic rings. The third kappa shape index (κ3) is 4.97. The average Bonchev–Trinajstić information content (AvgIpc) is 3.14. The van der Waals surface area contributed by atoms with E-state index in [9.17, 15) is 4.79 Å². The highest BCUT2D eigenvalue weighted by Gasteiger charge is 2.23. The lowest BCUT2D eigenvalue weighted by atomic mass is 9.91. The first-order chi connectivity index (χ1) is 12.8. The molecular formula is C19H25N3O4S. The molecule has 1 aromatic heterocycles. The standard InChI is InChI=1S/C19H25N3O4S/c1-7-19(2,3)17-21-22-18(27-17)20-15(23)9-8-12-10-13(24-4)16(26-6)14(11-12)25-5/h8-11H,7H2,1-6H3,(H,20,22,23)/b9-8+. The number of rotatable bonds is 8. The molecule has 7 nitrogen and oxygen atoms in total. The zero-order valence-corrected chi connectivity index (χ0v) is 17.3. The van der Waals surface area contributed by atoms with Gasteiger partial charge in [0.2, 0.25) is 16.8 Å². The van der Waals surface area contributed by atoms with Gasteiger partial charge in [-0.25, -0.2) is 0 Å². The van der Waals surface area contributed by atoms with E-state index in [0.717, 1.165) is 17.0 Å². The Morgan fingerprint density at radius 3 is 2.30 bits per heavy atom. The smallest absolute Gasteiger partial charge is 0.250 e. The minimum absolute atomic E-state index is 0.0628. The molecule has 0 bridgehead atoms. The summed E-state index contributed by atoms with van der Waals surface area (Å²) in [6.07, 6.45) is 4.03. The van der Waals surface area contributed by atoms with E-state index < -0.39 is 0 Å². The van der Waals surface area contributed by atoms with Gasteiger partial charge in [0.25, 0.3) is 0 Å². The topological polar surface area (TPSA) is 82.6 Å². The number of hydrogen-bond acceptors (Lipinski definition) is 7. The summed E-state index contributed by atoms with van der Waals surface area (Å²) >= 11 is 1.39. The number of methoxy groups -OCH3 is 3. The molecule has 8 heteroatoms. The highest BCUT2D eigenvalue weighted by atomic mass is 32.1. The van der Waals surface area contributed by atoms with Crippen molar-refractivity contribution in [1.29, 1.82) is 0 Å². The van der Waals surface area contributed by atoms with Gasteiger partial charge >= 0.3 is 0 Å². The Balaban J connectivity index is 2.13.